The van der Waals surface area contributed by atoms with Gasteiger partial charge in [-0.1, -0.05) is 0 Å². The van der Waals surface area contributed by atoms with Gasteiger partial charge in [0.15, 0.2) is 5.69 Å². The molecule has 21 heavy (non-hydrogen) atoms. The second kappa shape index (κ2) is 5.97. The van der Waals surface area contributed by atoms with Crippen molar-refractivity contribution >= 4 is 11.7 Å². The van der Waals surface area contributed by atoms with Crippen molar-refractivity contribution in [3.05, 3.63) is 17.8 Å². The summed E-state index contributed by atoms with van der Waals surface area (Å²) in [5.41, 5.74) is 0.381. The number of hydrogen-bond donors (Lipinski definition) is 1. The molecule has 1 N–H and O–H groups in total. The highest BCUT2D eigenvalue weighted by Crippen LogP contribution is 2.31. The van der Waals surface area contributed by atoms with Crippen LogP contribution in [0.25, 0.3) is 0 Å². The first kappa shape index (κ1) is 14.3. The summed E-state index contributed by atoms with van der Waals surface area (Å²) in [4.78, 5) is 15.8. The van der Waals surface area contributed by atoms with E-state index in [4.69, 9.17) is 0 Å². The zero-order valence-electron chi connectivity index (χ0n) is 12.7. The summed E-state index contributed by atoms with van der Waals surface area (Å²) in [5.74, 6) is 1.32. The summed E-state index contributed by atoms with van der Waals surface area (Å²) >= 11 is 0. The van der Waals surface area contributed by atoms with Crippen molar-refractivity contribution < 1.29 is 4.79 Å². The van der Waals surface area contributed by atoms with Gasteiger partial charge in [-0.3, -0.25) is 4.79 Å². The molecule has 114 valence electrons. The molecule has 2 heterocycles. The second-order valence-electron chi connectivity index (χ2n) is 6.27. The van der Waals surface area contributed by atoms with E-state index >= 15 is 0 Å². The van der Waals surface area contributed by atoms with E-state index in [0.29, 0.717) is 11.6 Å². The Balaban J connectivity index is 1.48. The van der Waals surface area contributed by atoms with Crippen molar-refractivity contribution in [1.82, 2.24) is 20.0 Å². The van der Waals surface area contributed by atoms with Gasteiger partial charge in [-0.15, -0.1) is 10.2 Å². The van der Waals surface area contributed by atoms with Crippen LogP contribution in [0.2, 0.25) is 0 Å². The van der Waals surface area contributed by atoms with Gasteiger partial charge in [0, 0.05) is 33.2 Å². The molecule has 1 saturated carbocycles. The fourth-order valence-corrected chi connectivity index (χ4v) is 2.82. The number of rotatable bonds is 5. The second-order valence-corrected chi connectivity index (χ2v) is 6.27. The van der Waals surface area contributed by atoms with Gasteiger partial charge < -0.3 is 15.1 Å². The van der Waals surface area contributed by atoms with Crippen LogP contribution >= 0.6 is 0 Å². The van der Waals surface area contributed by atoms with Crippen LogP contribution in [0.5, 0.6) is 0 Å². The highest BCUT2D eigenvalue weighted by atomic mass is 16.2. The van der Waals surface area contributed by atoms with E-state index in [1.807, 2.05) is 6.07 Å². The number of nitrogens with one attached hydrogen (secondary N) is 1. The zero-order valence-corrected chi connectivity index (χ0v) is 12.7. The molecule has 1 aromatic rings. The van der Waals surface area contributed by atoms with Crippen LogP contribution in [0.15, 0.2) is 12.1 Å². The van der Waals surface area contributed by atoms with Gasteiger partial charge in [0.1, 0.15) is 5.82 Å². The fourth-order valence-electron chi connectivity index (χ4n) is 2.82. The summed E-state index contributed by atoms with van der Waals surface area (Å²) < 4.78 is 0. The lowest BCUT2D eigenvalue weighted by atomic mass is 10.1. The number of hydrogen-bond acceptors (Lipinski definition) is 5. The average molecular weight is 289 g/mol. The molecule has 2 fully saturated rings. The van der Waals surface area contributed by atoms with E-state index in [1.54, 1.807) is 20.2 Å². The first-order valence-electron chi connectivity index (χ1n) is 7.67. The van der Waals surface area contributed by atoms with Crippen molar-refractivity contribution in [3.8, 4) is 0 Å². The van der Waals surface area contributed by atoms with Gasteiger partial charge in [-0.2, -0.15) is 0 Å². The van der Waals surface area contributed by atoms with E-state index in [9.17, 15) is 4.79 Å². The molecule has 1 aliphatic heterocycles. The number of nitrogens with zero attached hydrogens (tertiary/aromatic N) is 4. The monoisotopic (exact) mass is 289 g/mol. The normalized spacial score (nSPS) is 22.3. The zero-order chi connectivity index (χ0) is 14.8. The maximum Gasteiger partial charge on any atom is 0.273 e. The molecule has 0 aromatic carbocycles. The predicted octanol–water partition coefficient (Wildman–Crippen LogP) is 1.07. The Bertz CT molecular complexity index is 497. The Hall–Kier alpha value is -1.69. The number of likely N-dealkylation sites (tertiary alicyclic amines) is 1. The van der Waals surface area contributed by atoms with Crippen LogP contribution < -0.4 is 5.32 Å². The van der Waals surface area contributed by atoms with Crippen molar-refractivity contribution in [1.29, 1.82) is 0 Å². The van der Waals surface area contributed by atoms with Crippen LogP contribution in [-0.2, 0) is 0 Å². The molecule has 1 aromatic heterocycles. The molecular weight excluding hydrogens is 266 g/mol. The third-order valence-electron chi connectivity index (χ3n) is 4.24. The minimum atomic E-state index is -0.120. The van der Waals surface area contributed by atoms with Gasteiger partial charge in [0.25, 0.3) is 5.91 Å². The van der Waals surface area contributed by atoms with E-state index in [2.05, 4.69) is 20.4 Å². The van der Waals surface area contributed by atoms with Crippen LogP contribution in [0.1, 0.15) is 29.8 Å². The van der Waals surface area contributed by atoms with Gasteiger partial charge in [0.2, 0.25) is 0 Å². The minimum Gasteiger partial charge on any atom is -0.368 e. The molecule has 0 bridgehead atoms. The fraction of sp³-hybridized carbons (Fsp3) is 0.667. The lowest BCUT2D eigenvalue weighted by molar-refractivity contribution is 0.0821. The third-order valence-corrected chi connectivity index (χ3v) is 4.24. The third kappa shape index (κ3) is 3.50. The van der Waals surface area contributed by atoms with Crippen molar-refractivity contribution in [2.24, 2.45) is 5.92 Å². The average Bonchev–Trinajstić information content (AvgIpc) is 3.24. The Kier molecular flexibility index (Phi) is 4.05. The standard InChI is InChI=1S/C15H23N5O/c1-19(2)15(21)13-5-6-14(18-17-13)16-9-11-7-8-20(10-11)12-3-4-12/h5-6,11-12H,3-4,7-10H2,1-2H3,(H,16,18). The molecule has 0 radical (unpaired) electrons. The minimum absolute atomic E-state index is 0.120. The lowest BCUT2D eigenvalue weighted by Crippen LogP contribution is -2.25. The van der Waals surface area contributed by atoms with E-state index in [-0.39, 0.29) is 5.91 Å². The molecule has 2 aliphatic rings. The molecule has 1 aliphatic carbocycles. The van der Waals surface area contributed by atoms with Crippen molar-refractivity contribution in [3.63, 3.8) is 0 Å². The number of carbonyl (C=O) groups is 1. The quantitative estimate of drug-likeness (QED) is 0.879. The van der Waals surface area contributed by atoms with Crippen molar-refractivity contribution in [2.75, 3.05) is 39.0 Å². The van der Waals surface area contributed by atoms with E-state index < -0.39 is 0 Å². The summed E-state index contributed by atoms with van der Waals surface area (Å²) in [6.45, 7) is 3.36. The number of aromatic nitrogens is 2. The number of amides is 1. The highest BCUT2D eigenvalue weighted by Gasteiger charge is 2.34. The largest absolute Gasteiger partial charge is 0.368 e. The molecule has 6 nitrogen and oxygen atoms in total. The maximum atomic E-state index is 11.7. The van der Waals surface area contributed by atoms with Crippen LogP contribution in [-0.4, -0.2) is 65.7 Å². The van der Waals surface area contributed by atoms with Crippen LogP contribution in [0, 0.1) is 5.92 Å². The van der Waals surface area contributed by atoms with Gasteiger partial charge >= 0.3 is 0 Å². The van der Waals surface area contributed by atoms with E-state index in [1.165, 1.54) is 37.3 Å². The summed E-state index contributed by atoms with van der Waals surface area (Å²) in [7, 11) is 3.42. The highest BCUT2D eigenvalue weighted by molar-refractivity contribution is 5.91. The molecule has 6 heteroatoms. The summed E-state index contributed by atoms with van der Waals surface area (Å²) in [6.07, 6.45) is 4.02. The summed E-state index contributed by atoms with van der Waals surface area (Å²) in [6, 6.07) is 4.42. The van der Waals surface area contributed by atoms with Crippen molar-refractivity contribution in [2.45, 2.75) is 25.3 Å². The Morgan fingerprint density at radius 2 is 2.14 bits per heavy atom. The summed E-state index contributed by atoms with van der Waals surface area (Å²) in [5, 5.41) is 11.4. The Labute approximate surface area is 125 Å². The Morgan fingerprint density at radius 1 is 1.33 bits per heavy atom. The SMILES string of the molecule is CN(C)C(=O)c1ccc(NCC2CCN(C3CC3)C2)nn1. The number of carbonyl (C=O) groups excluding carboxylic acids is 1. The molecular formula is C15H23N5O. The molecule has 1 saturated heterocycles. The molecule has 3 rings (SSSR count). The van der Waals surface area contributed by atoms with Gasteiger partial charge in [-0.25, -0.2) is 0 Å². The molecule has 1 amide bonds. The van der Waals surface area contributed by atoms with Gasteiger partial charge in [0.05, 0.1) is 0 Å². The van der Waals surface area contributed by atoms with E-state index in [0.717, 1.165) is 18.4 Å². The topological polar surface area (TPSA) is 61.4 Å². The van der Waals surface area contributed by atoms with Crippen LogP contribution in [0.4, 0.5) is 5.82 Å². The number of anilines is 1. The predicted molar refractivity (Wildman–Crippen MR) is 81.2 cm³/mol. The maximum absolute atomic E-state index is 11.7. The first-order valence-corrected chi connectivity index (χ1v) is 7.67. The first-order chi connectivity index (χ1) is 10.1. The van der Waals surface area contributed by atoms with Crippen LogP contribution in [0.3, 0.4) is 0 Å². The van der Waals surface area contributed by atoms with Gasteiger partial charge in [-0.05, 0) is 43.9 Å². The Morgan fingerprint density at radius 3 is 2.76 bits per heavy atom. The smallest absolute Gasteiger partial charge is 0.273 e. The molecule has 1 atom stereocenters. The molecule has 0 spiro atoms. The lowest BCUT2D eigenvalue weighted by Gasteiger charge is -2.15. The molecule has 1 unspecified atom stereocenters.